The minimum atomic E-state index is -0.650. The molecule has 6 rings (SSSR count). The number of rotatable bonds is 10. The van der Waals surface area contributed by atoms with Gasteiger partial charge in [-0.15, -0.1) is 5.10 Å². The van der Waals surface area contributed by atoms with E-state index in [-0.39, 0.29) is 5.92 Å². The second kappa shape index (κ2) is 11.3. The number of aromatic nitrogens is 6. The van der Waals surface area contributed by atoms with Gasteiger partial charge in [0.15, 0.2) is 11.5 Å². The molecule has 1 aliphatic rings. The molecule has 0 saturated heterocycles. The van der Waals surface area contributed by atoms with Crippen LogP contribution in [-0.4, -0.2) is 43.8 Å². The topological polar surface area (TPSA) is 161 Å². The first-order chi connectivity index (χ1) is 20.8. The molecule has 0 amide bonds. The molecule has 43 heavy (non-hydrogen) atoms. The van der Waals surface area contributed by atoms with Gasteiger partial charge in [0.2, 0.25) is 11.8 Å². The fourth-order valence-corrected chi connectivity index (χ4v) is 5.32. The third-order valence-electron chi connectivity index (χ3n) is 8.01. The van der Waals surface area contributed by atoms with Gasteiger partial charge in [0.25, 0.3) is 0 Å². The number of hydrogen-bond acceptors (Lipinski definition) is 10. The molecule has 1 aliphatic carbocycles. The summed E-state index contributed by atoms with van der Waals surface area (Å²) in [4.78, 5) is 21.8. The van der Waals surface area contributed by atoms with E-state index in [9.17, 15) is 0 Å². The molecule has 220 valence electrons. The van der Waals surface area contributed by atoms with Crippen LogP contribution in [0.15, 0.2) is 58.5 Å². The van der Waals surface area contributed by atoms with Crippen molar-refractivity contribution in [2.75, 3.05) is 19.5 Å². The van der Waals surface area contributed by atoms with Gasteiger partial charge < -0.3 is 19.2 Å². The van der Waals surface area contributed by atoms with E-state index < -0.39 is 5.54 Å². The second-order valence-electron chi connectivity index (χ2n) is 11.1. The molecule has 0 atom stereocenters. The molecule has 1 fully saturated rings. The number of hydrogen-bond donors (Lipinski definition) is 1. The van der Waals surface area contributed by atoms with Crippen molar-refractivity contribution in [3.8, 4) is 23.1 Å². The molecule has 4 aromatic heterocycles. The van der Waals surface area contributed by atoms with E-state index in [1.54, 1.807) is 31.1 Å². The first-order valence-corrected chi connectivity index (χ1v) is 14.0. The Hall–Kier alpha value is -5.16. The molecule has 0 aliphatic heterocycles. The van der Waals surface area contributed by atoms with Gasteiger partial charge in [-0.3, -0.25) is 4.98 Å². The second-order valence-corrected chi connectivity index (χ2v) is 11.1. The first-order valence-electron chi connectivity index (χ1n) is 14.0. The zero-order valence-electron chi connectivity index (χ0n) is 24.6. The molecule has 13 nitrogen and oxygen atoms in total. The highest BCUT2D eigenvalue weighted by atomic mass is 16.5. The molecule has 5 aromatic rings. The lowest BCUT2D eigenvalue weighted by molar-refractivity contribution is 0.332. The molecule has 4 heterocycles. The molecular formula is C30H32N10O3. The van der Waals surface area contributed by atoms with Gasteiger partial charge in [-0.05, 0) is 49.1 Å². The van der Waals surface area contributed by atoms with Gasteiger partial charge in [0.05, 0.1) is 26.0 Å². The Morgan fingerprint density at radius 3 is 2.63 bits per heavy atom. The molecule has 0 radical (unpaired) electrons. The number of nitrogens with one attached hydrogen (secondary N) is 1. The van der Waals surface area contributed by atoms with Gasteiger partial charge in [-0.2, -0.15) is 4.52 Å². The van der Waals surface area contributed by atoms with Crippen molar-refractivity contribution in [3.05, 3.63) is 87.6 Å². The summed E-state index contributed by atoms with van der Waals surface area (Å²) in [6.45, 7) is 6.13. The van der Waals surface area contributed by atoms with Crippen LogP contribution in [0.5, 0.6) is 11.5 Å². The standard InChI is InChI=1S/C30H32N10O3/c1-17-25(28-32-10-11-43-28)35-29(34-15-18-6-8-22(41-4)14-24(18)42-5)40-27(17)36-26(37-40)20-12-19(13-20)23-9-7-21(16-33-23)30(2,3)38-39-31/h6-11,14,16,19-20H,12-13,15H2,1-5H3,(H,34,35). The normalized spacial score (nSPS) is 16.4. The largest absolute Gasteiger partial charge is 0.497 e. The van der Waals surface area contributed by atoms with Crippen LogP contribution in [-0.2, 0) is 12.1 Å². The van der Waals surface area contributed by atoms with Crippen LogP contribution >= 0.6 is 0 Å². The summed E-state index contributed by atoms with van der Waals surface area (Å²) >= 11 is 0. The number of azide groups is 1. The van der Waals surface area contributed by atoms with Crippen LogP contribution in [0.3, 0.4) is 0 Å². The van der Waals surface area contributed by atoms with Gasteiger partial charge in [-0.1, -0.05) is 25.0 Å². The molecule has 0 unspecified atom stereocenters. The quantitative estimate of drug-likeness (QED) is 0.113. The van der Waals surface area contributed by atoms with E-state index in [4.69, 9.17) is 34.5 Å². The van der Waals surface area contributed by atoms with Crippen molar-refractivity contribution in [1.82, 2.24) is 29.5 Å². The van der Waals surface area contributed by atoms with E-state index in [1.165, 1.54) is 6.26 Å². The number of aryl methyl sites for hydroxylation is 1. The number of pyridine rings is 1. The Morgan fingerprint density at radius 2 is 1.95 bits per heavy atom. The van der Waals surface area contributed by atoms with Crippen LogP contribution in [0, 0.1) is 6.92 Å². The van der Waals surface area contributed by atoms with Crippen molar-refractivity contribution < 1.29 is 13.9 Å². The van der Waals surface area contributed by atoms with Gasteiger partial charge in [0, 0.05) is 52.4 Å². The number of methoxy groups -OCH3 is 2. The van der Waals surface area contributed by atoms with Crippen LogP contribution < -0.4 is 14.8 Å². The van der Waals surface area contributed by atoms with Crippen molar-refractivity contribution in [2.24, 2.45) is 5.11 Å². The summed E-state index contributed by atoms with van der Waals surface area (Å²) in [5.41, 5.74) is 13.1. The zero-order chi connectivity index (χ0) is 30.1. The molecular weight excluding hydrogens is 548 g/mol. The number of anilines is 1. The lowest BCUT2D eigenvalue weighted by Crippen LogP contribution is -2.22. The predicted molar refractivity (Wildman–Crippen MR) is 159 cm³/mol. The SMILES string of the molecule is COc1ccc(CNc2nc(-c3ncco3)c(C)c3nc(C4CC(c5ccc(C(C)(C)N=[N+]=[N-])cn5)C4)nn23)c(OC)c1. The van der Waals surface area contributed by atoms with Crippen LogP contribution in [0.25, 0.3) is 27.7 Å². The zero-order valence-corrected chi connectivity index (χ0v) is 24.6. The van der Waals surface area contributed by atoms with E-state index >= 15 is 0 Å². The summed E-state index contributed by atoms with van der Waals surface area (Å²) in [7, 11) is 3.25. The molecule has 1 N–H and O–H groups in total. The maximum Gasteiger partial charge on any atom is 0.245 e. The van der Waals surface area contributed by atoms with Gasteiger partial charge in [-0.25, -0.2) is 15.0 Å². The van der Waals surface area contributed by atoms with Crippen LogP contribution in [0.4, 0.5) is 5.95 Å². The number of ether oxygens (including phenoxy) is 2. The van der Waals surface area contributed by atoms with Crippen LogP contribution in [0.1, 0.15) is 66.7 Å². The molecule has 0 spiro atoms. The Balaban J connectivity index is 1.27. The fraction of sp³-hybridized carbons (Fsp3) is 0.367. The van der Waals surface area contributed by atoms with E-state index in [1.807, 2.05) is 51.1 Å². The Morgan fingerprint density at radius 1 is 1.12 bits per heavy atom. The van der Waals surface area contributed by atoms with E-state index in [0.29, 0.717) is 47.1 Å². The monoisotopic (exact) mass is 580 g/mol. The number of nitrogens with zero attached hydrogens (tertiary/aromatic N) is 9. The summed E-state index contributed by atoms with van der Waals surface area (Å²) in [5, 5.41) is 12.2. The molecule has 1 saturated carbocycles. The summed E-state index contributed by atoms with van der Waals surface area (Å²) in [5.74, 6) is 3.59. The smallest absolute Gasteiger partial charge is 0.245 e. The van der Waals surface area contributed by atoms with Gasteiger partial charge in [0.1, 0.15) is 23.5 Å². The van der Waals surface area contributed by atoms with E-state index in [2.05, 4.69) is 25.3 Å². The third kappa shape index (κ3) is 5.30. The third-order valence-corrected chi connectivity index (χ3v) is 8.01. The molecule has 0 bridgehead atoms. The fourth-order valence-electron chi connectivity index (χ4n) is 5.32. The number of oxazole rings is 1. The predicted octanol–water partition coefficient (Wildman–Crippen LogP) is 6.32. The molecule has 13 heteroatoms. The van der Waals surface area contributed by atoms with Crippen LogP contribution in [0.2, 0.25) is 0 Å². The van der Waals surface area contributed by atoms with Crippen molar-refractivity contribution in [3.63, 3.8) is 0 Å². The van der Waals surface area contributed by atoms with Crippen molar-refractivity contribution in [2.45, 2.75) is 57.5 Å². The average Bonchev–Trinajstić information content (AvgIpc) is 3.68. The van der Waals surface area contributed by atoms with Crippen molar-refractivity contribution in [1.29, 1.82) is 0 Å². The highest BCUT2D eigenvalue weighted by Crippen LogP contribution is 2.46. The highest BCUT2D eigenvalue weighted by molar-refractivity contribution is 5.66. The lowest BCUT2D eigenvalue weighted by Gasteiger charge is -2.33. The number of benzene rings is 1. The maximum atomic E-state index is 8.86. The first kappa shape index (κ1) is 28.0. The minimum Gasteiger partial charge on any atom is -0.497 e. The Labute approximate surface area is 248 Å². The molecule has 1 aromatic carbocycles. The highest BCUT2D eigenvalue weighted by Gasteiger charge is 2.36. The summed E-state index contributed by atoms with van der Waals surface area (Å²) < 4.78 is 18.3. The Kier molecular flexibility index (Phi) is 7.32. The Bertz CT molecular complexity index is 1800. The van der Waals surface area contributed by atoms with E-state index in [0.717, 1.165) is 41.1 Å². The maximum absolute atomic E-state index is 8.86. The summed E-state index contributed by atoms with van der Waals surface area (Å²) in [6.07, 6.45) is 6.69. The minimum absolute atomic E-state index is 0.185. The number of fused-ring (bicyclic) bond motifs is 1. The average molecular weight is 581 g/mol. The van der Waals surface area contributed by atoms with Crippen molar-refractivity contribution >= 4 is 11.6 Å². The van der Waals surface area contributed by atoms with Gasteiger partial charge >= 0.3 is 0 Å². The lowest BCUT2D eigenvalue weighted by atomic mass is 9.72. The summed E-state index contributed by atoms with van der Waals surface area (Å²) in [6, 6.07) is 9.69.